The van der Waals surface area contributed by atoms with E-state index in [-0.39, 0.29) is 11.8 Å². The van der Waals surface area contributed by atoms with E-state index in [2.05, 4.69) is 21.9 Å². The van der Waals surface area contributed by atoms with Crippen LogP contribution in [0.2, 0.25) is 0 Å². The largest absolute Gasteiger partial charge is 0.490 e. The highest BCUT2D eigenvalue weighted by Gasteiger charge is 2.17. The van der Waals surface area contributed by atoms with Crippen LogP contribution >= 0.6 is 0 Å². The van der Waals surface area contributed by atoms with Crippen molar-refractivity contribution in [3.8, 4) is 5.75 Å². The van der Waals surface area contributed by atoms with Crippen LogP contribution in [-0.2, 0) is 6.42 Å². The van der Waals surface area contributed by atoms with Crippen LogP contribution in [0.5, 0.6) is 5.75 Å². The molecule has 1 saturated heterocycles. The first-order chi connectivity index (χ1) is 13.1. The molecule has 0 bridgehead atoms. The second-order valence-corrected chi connectivity index (χ2v) is 6.62. The number of fused-ring (bicyclic) bond motifs is 1. The number of nitrogens with one attached hydrogen (secondary N) is 4. The summed E-state index contributed by atoms with van der Waals surface area (Å²) in [6, 6.07) is 13.8. The summed E-state index contributed by atoms with van der Waals surface area (Å²) in [4.78, 5) is 12.6. The molecule has 27 heavy (non-hydrogen) atoms. The Labute approximate surface area is 156 Å². The van der Waals surface area contributed by atoms with Gasteiger partial charge in [0.25, 0.3) is 0 Å². The van der Waals surface area contributed by atoms with E-state index in [1.807, 2.05) is 56.3 Å². The molecule has 4 rings (SSSR count). The standard InChI is InChI=1S/C20H22N4O3/c1-12-15-8-9-17(26-11-18-21-23-24-22-18)13(2)19(15)27-20(25)16(12)10-14-6-4-3-5-7-14/h3-9,18,21-24H,10-11H2,1-2H3. The van der Waals surface area contributed by atoms with Gasteiger partial charge < -0.3 is 9.15 Å². The lowest BCUT2D eigenvalue weighted by Crippen LogP contribution is -2.39. The maximum absolute atomic E-state index is 12.6. The molecule has 7 nitrogen and oxygen atoms in total. The molecule has 0 atom stereocenters. The van der Waals surface area contributed by atoms with E-state index < -0.39 is 0 Å². The number of hydrazine groups is 3. The van der Waals surface area contributed by atoms with Gasteiger partial charge in [-0.15, -0.1) is 0 Å². The molecular weight excluding hydrogens is 344 g/mol. The summed E-state index contributed by atoms with van der Waals surface area (Å²) in [6.45, 7) is 4.28. The first-order valence-electron chi connectivity index (χ1n) is 8.87. The van der Waals surface area contributed by atoms with Crippen molar-refractivity contribution in [3.63, 3.8) is 0 Å². The molecule has 1 aromatic heterocycles. The molecular formula is C20H22N4O3. The molecule has 0 spiro atoms. The predicted molar refractivity (Wildman–Crippen MR) is 103 cm³/mol. The van der Waals surface area contributed by atoms with Crippen LogP contribution in [0.25, 0.3) is 11.0 Å². The average Bonchev–Trinajstić information content (AvgIpc) is 3.20. The molecule has 1 aliphatic rings. The zero-order chi connectivity index (χ0) is 18.8. The van der Waals surface area contributed by atoms with E-state index in [9.17, 15) is 4.79 Å². The first kappa shape index (κ1) is 17.7. The van der Waals surface area contributed by atoms with E-state index in [0.717, 1.165) is 22.1 Å². The molecule has 1 aliphatic heterocycles. The van der Waals surface area contributed by atoms with E-state index in [4.69, 9.17) is 9.15 Å². The van der Waals surface area contributed by atoms with Gasteiger partial charge in [0.15, 0.2) is 0 Å². The third kappa shape index (κ3) is 3.58. The molecule has 3 aromatic rings. The third-order valence-corrected chi connectivity index (χ3v) is 4.84. The van der Waals surface area contributed by atoms with E-state index in [0.29, 0.717) is 29.9 Å². The second-order valence-electron chi connectivity index (χ2n) is 6.62. The number of rotatable bonds is 5. The summed E-state index contributed by atoms with van der Waals surface area (Å²) >= 11 is 0. The van der Waals surface area contributed by atoms with Crippen molar-refractivity contribution in [1.82, 2.24) is 21.9 Å². The summed E-state index contributed by atoms with van der Waals surface area (Å²) in [5.74, 6) is 0.691. The Morgan fingerprint density at radius 1 is 1.00 bits per heavy atom. The minimum atomic E-state index is -0.295. The minimum Gasteiger partial charge on any atom is -0.490 e. The van der Waals surface area contributed by atoms with Crippen LogP contribution < -0.4 is 32.3 Å². The monoisotopic (exact) mass is 366 g/mol. The van der Waals surface area contributed by atoms with E-state index in [1.165, 1.54) is 0 Å². The molecule has 7 heteroatoms. The van der Waals surface area contributed by atoms with Gasteiger partial charge in [-0.2, -0.15) is 11.1 Å². The predicted octanol–water partition coefficient (Wildman–Crippen LogP) is 1.82. The number of ether oxygens (including phenoxy) is 1. The van der Waals surface area contributed by atoms with Gasteiger partial charge in [0.2, 0.25) is 0 Å². The van der Waals surface area contributed by atoms with Crippen molar-refractivity contribution in [2.24, 2.45) is 0 Å². The molecule has 0 aliphatic carbocycles. The van der Waals surface area contributed by atoms with Gasteiger partial charge in [0, 0.05) is 22.9 Å². The highest BCUT2D eigenvalue weighted by atomic mass is 16.5. The summed E-state index contributed by atoms with van der Waals surface area (Å²) in [5, 5.41) is 0.936. The minimum absolute atomic E-state index is 0.0675. The maximum atomic E-state index is 12.6. The van der Waals surface area contributed by atoms with Gasteiger partial charge in [-0.25, -0.2) is 15.6 Å². The van der Waals surface area contributed by atoms with Crippen molar-refractivity contribution >= 4 is 11.0 Å². The average molecular weight is 366 g/mol. The molecule has 140 valence electrons. The fraction of sp³-hybridized carbons (Fsp3) is 0.250. The van der Waals surface area contributed by atoms with Crippen molar-refractivity contribution < 1.29 is 9.15 Å². The number of aryl methyl sites for hydroxylation is 2. The number of benzene rings is 2. The fourth-order valence-electron chi connectivity index (χ4n) is 3.27. The van der Waals surface area contributed by atoms with Crippen molar-refractivity contribution in [2.75, 3.05) is 6.61 Å². The van der Waals surface area contributed by atoms with Gasteiger partial charge in [0.1, 0.15) is 24.1 Å². The second kappa shape index (κ2) is 7.50. The van der Waals surface area contributed by atoms with Crippen LogP contribution in [0.4, 0.5) is 0 Å². The zero-order valence-electron chi connectivity index (χ0n) is 15.3. The third-order valence-electron chi connectivity index (χ3n) is 4.84. The first-order valence-corrected chi connectivity index (χ1v) is 8.87. The Hall–Kier alpha value is -2.71. The molecule has 4 N–H and O–H groups in total. The Morgan fingerprint density at radius 2 is 1.74 bits per heavy atom. The Bertz CT molecular complexity index is 1010. The van der Waals surface area contributed by atoms with Gasteiger partial charge in [-0.3, -0.25) is 0 Å². The Kier molecular flexibility index (Phi) is 4.91. The highest BCUT2D eigenvalue weighted by Crippen LogP contribution is 2.30. The van der Waals surface area contributed by atoms with Gasteiger partial charge in [-0.05, 0) is 37.1 Å². The van der Waals surface area contributed by atoms with E-state index >= 15 is 0 Å². The van der Waals surface area contributed by atoms with Crippen LogP contribution in [0, 0.1) is 13.8 Å². The highest BCUT2D eigenvalue weighted by molar-refractivity contribution is 5.85. The van der Waals surface area contributed by atoms with Crippen molar-refractivity contribution in [2.45, 2.75) is 26.4 Å². The topological polar surface area (TPSA) is 87.6 Å². The lowest BCUT2D eigenvalue weighted by molar-refractivity contribution is 0.259. The Balaban J connectivity index is 1.67. The number of hydrogen-bond donors (Lipinski definition) is 4. The van der Waals surface area contributed by atoms with Crippen LogP contribution in [0.15, 0.2) is 51.7 Å². The summed E-state index contributed by atoms with van der Waals surface area (Å²) in [5.41, 5.74) is 15.2. The van der Waals surface area contributed by atoms with Crippen LogP contribution in [-0.4, -0.2) is 12.8 Å². The van der Waals surface area contributed by atoms with Gasteiger partial charge in [-0.1, -0.05) is 30.3 Å². The molecule has 0 saturated carbocycles. The van der Waals surface area contributed by atoms with E-state index in [1.54, 1.807) is 0 Å². The zero-order valence-corrected chi connectivity index (χ0v) is 15.3. The lowest BCUT2D eigenvalue weighted by atomic mass is 9.98. The van der Waals surface area contributed by atoms with Gasteiger partial charge in [0.05, 0.1) is 0 Å². The normalized spacial score (nSPS) is 14.7. The molecule has 1 fully saturated rings. The summed E-state index contributed by atoms with van der Waals surface area (Å²) in [6.07, 6.45) is 0.489. The van der Waals surface area contributed by atoms with Gasteiger partial charge >= 0.3 is 5.63 Å². The molecule has 0 unspecified atom stereocenters. The molecule has 2 aromatic carbocycles. The fourth-order valence-corrected chi connectivity index (χ4v) is 3.27. The maximum Gasteiger partial charge on any atom is 0.340 e. The van der Waals surface area contributed by atoms with Crippen molar-refractivity contribution in [1.29, 1.82) is 0 Å². The van der Waals surface area contributed by atoms with Crippen LogP contribution in [0.3, 0.4) is 0 Å². The lowest BCUT2D eigenvalue weighted by Gasteiger charge is -2.15. The smallest absolute Gasteiger partial charge is 0.340 e. The molecule has 0 amide bonds. The Morgan fingerprint density at radius 3 is 2.48 bits per heavy atom. The molecule has 2 heterocycles. The molecule has 0 radical (unpaired) electrons. The summed E-state index contributed by atoms with van der Waals surface area (Å²) in [7, 11) is 0. The van der Waals surface area contributed by atoms with Crippen molar-refractivity contribution in [3.05, 3.63) is 75.1 Å². The quantitative estimate of drug-likeness (QED) is 0.513. The van der Waals surface area contributed by atoms with Crippen LogP contribution in [0.1, 0.15) is 22.3 Å². The SMILES string of the molecule is Cc1c(Cc2ccccc2)c(=O)oc2c(C)c(OCC3NNNN3)ccc12. The summed E-state index contributed by atoms with van der Waals surface area (Å²) < 4.78 is 11.6. The number of hydrogen-bond acceptors (Lipinski definition) is 7.